The van der Waals surface area contributed by atoms with E-state index in [-0.39, 0.29) is 0 Å². The van der Waals surface area contributed by atoms with Crippen molar-refractivity contribution in [1.29, 1.82) is 0 Å². The van der Waals surface area contributed by atoms with Gasteiger partial charge in [0.05, 0.1) is 0 Å². The number of benzene rings is 2. The molecular weight excluding hydrogens is 298 g/mol. The first kappa shape index (κ1) is 18.1. The molecule has 0 aromatic heterocycles. The molecule has 1 N–H and O–H groups in total. The summed E-state index contributed by atoms with van der Waals surface area (Å²) in [7, 11) is 0. The number of aryl methyl sites for hydroxylation is 1. The van der Waals surface area contributed by atoms with Crippen molar-refractivity contribution in [2.75, 3.05) is 5.32 Å². The highest BCUT2D eigenvalue weighted by Gasteiger charge is 2.16. The van der Waals surface area contributed by atoms with Gasteiger partial charge in [0.1, 0.15) is 5.60 Å². The molecule has 2 rings (SSSR count). The summed E-state index contributed by atoms with van der Waals surface area (Å²) in [6.07, 6.45) is 1.70. The molecule has 2 aromatic carbocycles. The molecule has 0 saturated carbocycles. The van der Waals surface area contributed by atoms with Crippen molar-refractivity contribution in [3.05, 3.63) is 65.7 Å². The number of ether oxygens (including phenoxy) is 1. The van der Waals surface area contributed by atoms with Gasteiger partial charge in [0.15, 0.2) is 0 Å². The number of carbonyl (C=O) groups excluding carboxylic acids is 1. The van der Waals surface area contributed by atoms with E-state index in [1.165, 1.54) is 11.1 Å². The summed E-state index contributed by atoms with van der Waals surface area (Å²) in [5, 5.41) is 2.81. The number of anilines is 1. The van der Waals surface area contributed by atoms with Crippen molar-refractivity contribution in [3.63, 3.8) is 0 Å². The highest BCUT2D eigenvalue weighted by molar-refractivity contribution is 5.84. The molecule has 2 aromatic rings. The lowest BCUT2D eigenvalue weighted by Gasteiger charge is -2.20. The van der Waals surface area contributed by atoms with E-state index in [1.54, 1.807) is 0 Å². The Morgan fingerprint density at radius 3 is 2.46 bits per heavy atom. The maximum absolute atomic E-state index is 11.9. The van der Waals surface area contributed by atoms with Crippen LogP contribution in [0.2, 0.25) is 0 Å². The van der Waals surface area contributed by atoms with Crippen LogP contribution in [0.15, 0.2) is 54.6 Å². The zero-order chi connectivity index (χ0) is 17.6. The number of hydrogen-bond donors (Lipinski definition) is 1. The molecule has 1 atom stereocenters. The van der Waals surface area contributed by atoms with Gasteiger partial charge in [0, 0.05) is 5.69 Å². The lowest BCUT2D eigenvalue weighted by Crippen LogP contribution is -2.27. The Kier molecular flexibility index (Phi) is 6.02. The van der Waals surface area contributed by atoms with Gasteiger partial charge in [-0.15, -0.1) is 0 Å². The van der Waals surface area contributed by atoms with E-state index in [1.807, 2.05) is 45.0 Å². The van der Waals surface area contributed by atoms with Gasteiger partial charge in [-0.1, -0.05) is 49.4 Å². The quantitative estimate of drug-likeness (QED) is 0.758. The molecule has 3 nitrogen and oxygen atoms in total. The van der Waals surface area contributed by atoms with E-state index in [4.69, 9.17) is 4.74 Å². The summed E-state index contributed by atoms with van der Waals surface area (Å²) in [5.41, 5.74) is 2.85. The maximum Gasteiger partial charge on any atom is 0.412 e. The summed E-state index contributed by atoms with van der Waals surface area (Å²) >= 11 is 0. The second-order valence-electron chi connectivity index (χ2n) is 7.18. The summed E-state index contributed by atoms with van der Waals surface area (Å²) in [6, 6.07) is 18.5. The van der Waals surface area contributed by atoms with Crippen molar-refractivity contribution in [2.24, 2.45) is 0 Å². The molecule has 0 radical (unpaired) electrons. The number of carbonyl (C=O) groups is 1. The minimum absolute atomic E-state index is 0.420. The minimum atomic E-state index is -0.495. The summed E-state index contributed by atoms with van der Waals surface area (Å²) in [4.78, 5) is 11.9. The van der Waals surface area contributed by atoms with Crippen molar-refractivity contribution in [1.82, 2.24) is 0 Å². The van der Waals surface area contributed by atoms with Gasteiger partial charge < -0.3 is 4.74 Å². The predicted molar refractivity (Wildman–Crippen MR) is 99.5 cm³/mol. The first-order valence-electron chi connectivity index (χ1n) is 8.47. The predicted octanol–water partition coefficient (Wildman–Crippen LogP) is 5.77. The van der Waals surface area contributed by atoms with Crippen LogP contribution in [0.1, 0.15) is 51.2 Å². The Hall–Kier alpha value is -2.29. The van der Waals surface area contributed by atoms with Gasteiger partial charge in [-0.3, -0.25) is 5.32 Å². The molecular formula is C21H27NO2. The highest BCUT2D eigenvalue weighted by Crippen LogP contribution is 2.24. The van der Waals surface area contributed by atoms with Gasteiger partial charge in [-0.25, -0.2) is 4.79 Å². The molecule has 1 unspecified atom stereocenters. The second kappa shape index (κ2) is 8.00. The van der Waals surface area contributed by atoms with Crippen molar-refractivity contribution in [2.45, 2.75) is 52.1 Å². The number of amides is 1. The Morgan fingerprint density at radius 2 is 1.79 bits per heavy atom. The Morgan fingerprint density at radius 1 is 1.08 bits per heavy atom. The van der Waals surface area contributed by atoms with E-state index in [9.17, 15) is 4.79 Å². The van der Waals surface area contributed by atoms with Gasteiger partial charge in [-0.05, 0) is 62.8 Å². The molecule has 1 amide bonds. The van der Waals surface area contributed by atoms with E-state index < -0.39 is 11.7 Å². The largest absolute Gasteiger partial charge is 0.444 e. The van der Waals surface area contributed by atoms with Crippen LogP contribution in [0, 0.1) is 0 Å². The minimum Gasteiger partial charge on any atom is -0.444 e. The zero-order valence-corrected chi connectivity index (χ0v) is 15.0. The Balaban J connectivity index is 1.95. The third-order valence-electron chi connectivity index (χ3n) is 3.81. The lowest BCUT2D eigenvalue weighted by atomic mass is 9.94. The van der Waals surface area contributed by atoms with Crippen LogP contribution in [-0.4, -0.2) is 11.7 Å². The molecule has 0 bridgehead atoms. The third-order valence-corrected chi connectivity index (χ3v) is 3.81. The van der Waals surface area contributed by atoms with Crippen LogP contribution < -0.4 is 5.32 Å². The Bertz CT molecular complexity index is 659. The molecule has 0 saturated heterocycles. The summed E-state index contributed by atoms with van der Waals surface area (Å²) in [5.74, 6) is 0.422. The van der Waals surface area contributed by atoms with E-state index >= 15 is 0 Å². The average molecular weight is 325 g/mol. The molecule has 3 heteroatoms. The molecule has 128 valence electrons. The fraction of sp³-hybridized carbons (Fsp3) is 0.381. The van der Waals surface area contributed by atoms with Crippen molar-refractivity contribution >= 4 is 11.8 Å². The van der Waals surface area contributed by atoms with Gasteiger partial charge in [0.25, 0.3) is 0 Å². The van der Waals surface area contributed by atoms with Crippen LogP contribution in [0.4, 0.5) is 10.5 Å². The number of hydrogen-bond acceptors (Lipinski definition) is 2. The summed E-state index contributed by atoms with van der Waals surface area (Å²) < 4.78 is 5.30. The number of rotatable bonds is 5. The van der Waals surface area contributed by atoms with E-state index in [0.717, 1.165) is 18.5 Å². The molecule has 0 fully saturated rings. The fourth-order valence-corrected chi connectivity index (χ4v) is 2.54. The molecule has 24 heavy (non-hydrogen) atoms. The first-order chi connectivity index (χ1) is 11.3. The van der Waals surface area contributed by atoms with Crippen LogP contribution in [0.25, 0.3) is 0 Å². The van der Waals surface area contributed by atoms with Crippen molar-refractivity contribution < 1.29 is 9.53 Å². The van der Waals surface area contributed by atoms with E-state index in [2.05, 4.69) is 42.6 Å². The second-order valence-corrected chi connectivity index (χ2v) is 7.18. The van der Waals surface area contributed by atoms with Crippen LogP contribution in [0.5, 0.6) is 0 Å². The zero-order valence-electron chi connectivity index (χ0n) is 15.0. The summed E-state index contributed by atoms with van der Waals surface area (Å²) in [6.45, 7) is 7.79. The molecule has 0 heterocycles. The monoisotopic (exact) mass is 325 g/mol. The maximum atomic E-state index is 11.9. The average Bonchev–Trinajstić information content (AvgIpc) is 2.52. The fourth-order valence-electron chi connectivity index (χ4n) is 2.54. The molecule has 0 spiro atoms. The standard InChI is InChI=1S/C21H27NO2/c1-16(13-14-17-9-6-5-7-10-17)18-11-8-12-19(15-18)22-20(23)24-21(2,3)4/h5-12,15-16H,13-14H2,1-4H3,(H,22,23). The molecule has 0 aliphatic carbocycles. The Labute approximate surface area is 145 Å². The van der Waals surface area contributed by atoms with Gasteiger partial charge >= 0.3 is 6.09 Å². The molecule has 0 aliphatic rings. The highest BCUT2D eigenvalue weighted by atomic mass is 16.6. The normalized spacial score (nSPS) is 12.5. The van der Waals surface area contributed by atoms with Crippen molar-refractivity contribution in [3.8, 4) is 0 Å². The first-order valence-corrected chi connectivity index (χ1v) is 8.47. The van der Waals surface area contributed by atoms with Gasteiger partial charge in [0.2, 0.25) is 0 Å². The van der Waals surface area contributed by atoms with E-state index in [0.29, 0.717) is 5.92 Å². The topological polar surface area (TPSA) is 38.3 Å². The SMILES string of the molecule is CC(CCc1ccccc1)c1cccc(NC(=O)OC(C)(C)C)c1. The van der Waals surface area contributed by atoms with Crippen LogP contribution >= 0.6 is 0 Å². The third kappa shape index (κ3) is 6.07. The smallest absolute Gasteiger partial charge is 0.412 e. The van der Waals surface area contributed by atoms with Gasteiger partial charge in [-0.2, -0.15) is 0 Å². The number of nitrogens with one attached hydrogen (secondary N) is 1. The van der Waals surface area contributed by atoms with Crippen LogP contribution in [-0.2, 0) is 11.2 Å². The van der Waals surface area contributed by atoms with Crippen LogP contribution in [0.3, 0.4) is 0 Å². The molecule has 0 aliphatic heterocycles. The lowest BCUT2D eigenvalue weighted by molar-refractivity contribution is 0.0636.